The van der Waals surface area contributed by atoms with Crippen LogP contribution in [-0.4, -0.2) is 47.5 Å². The second-order valence-electron chi connectivity index (χ2n) is 7.42. The number of imide groups is 2. The van der Waals surface area contributed by atoms with E-state index in [9.17, 15) is 19.2 Å². The summed E-state index contributed by atoms with van der Waals surface area (Å²) in [6.07, 6.45) is 2.36. The second-order valence-corrected chi connectivity index (χ2v) is 7.42. The molecule has 0 atom stereocenters. The van der Waals surface area contributed by atoms with Gasteiger partial charge in [-0.3, -0.25) is 28.9 Å². The van der Waals surface area contributed by atoms with Gasteiger partial charge in [0.2, 0.25) is 0 Å². The van der Waals surface area contributed by atoms with Gasteiger partial charge in [0.15, 0.2) is 0 Å². The largest absolute Gasteiger partial charge is 0.496 e. The van der Waals surface area contributed by atoms with Gasteiger partial charge in [-0.1, -0.05) is 42.5 Å². The number of amides is 4. The van der Waals surface area contributed by atoms with E-state index in [0.717, 1.165) is 32.2 Å². The molecule has 0 unspecified atom stereocenters. The molecule has 0 aromatic heterocycles. The standard InChI is InChI=1S/C20H15NO4.C6H7NO3/c1-24-18-11-10-13(14-6-2-3-7-15(14)18)12-25-21-19(22)16-8-4-5-9-17(16)20(21)23;1-2-10-7-5(8)3-4-6(7)9/h2-11H,12H2,1H3;3-4H,2H2,1H3. The highest BCUT2D eigenvalue weighted by Gasteiger charge is 2.36. The molecule has 178 valence electrons. The van der Waals surface area contributed by atoms with Crippen molar-refractivity contribution in [2.24, 2.45) is 0 Å². The summed E-state index contributed by atoms with van der Waals surface area (Å²) in [5.41, 5.74) is 1.60. The Bertz CT molecular complexity index is 1300. The molecule has 2 aliphatic heterocycles. The van der Waals surface area contributed by atoms with Gasteiger partial charge in [0.05, 0.1) is 24.8 Å². The molecule has 0 radical (unpaired) electrons. The summed E-state index contributed by atoms with van der Waals surface area (Å²) in [6, 6.07) is 18.2. The van der Waals surface area contributed by atoms with E-state index in [1.54, 1.807) is 38.3 Å². The zero-order valence-corrected chi connectivity index (χ0v) is 19.1. The molecule has 0 bridgehead atoms. The van der Waals surface area contributed by atoms with E-state index in [0.29, 0.717) is 17.7 Å². The van der Waals surface area contributed by atoms with Crippen molar-refractivity contribution in [2.75, 3.05) is 13.7 Å². The van der Waals surface area contributed by atoms with E-state index < -0.39 is 23.6 Å². The number of rotatable bonds is 6. The highest BCUT2D eigenvalue weighted by molar-refractivity contribution is 6.20. The maximum atomic E-state index is 12.4. The lowest BCUT2D eigenvalue weighted by atomic mass is 10.0. The number of nitrogens with zero attached hydrogens (tertiary/aromatic N) is 2. The zero-order valence-electron chi connectivity index (χ0n) is 19.1. The van der Waals surface area contributed by atoms with Crippen LogP contribution in [0.15, 0.2) is 72.8 Å². The average Bonchev–Trinajstić information content (AvgIpc) is 3.33. The third-order valence-electron chi connectivity index (χ3n) is 5.33. The quantitative estimate of drug-likeness (QED) is 0.504. The van der Waals surface area contributed by atoms with E-state index in [4.69, 9.17) is 14.4 Å². The molecule has 5 rings (SSSR count). The van der Waals surface area contributed by atoms with Crippen LogP contribution in [-0.2, 0) is 25.9 Å². The van der Waals surface area contributed by atoms with Crippen LogP contribution in [0.1, 0.15) is 33.2 Å². The molecule has 0 spiro atoms. The van der Waals surface area contributed by atoms with E-state index in [1.807, 2.05) is 36.4 Å². The van der Waals surface area contributed by atoms with Gasteiger partial charge >= 0.3 is 0 Å². The van der Waals surface area contributed by atoms with Gasteiger partial charge in [0.25, 0.3) is 23.6 Å². The molecular weight excluding hydrogens is 452 g/mol. The molecule has 0 saturated heterocycles. The summed E-state index contributed by atoms with van der Waals surface area (Å²) in [5, 5.41) is 3.48. The first-order valence-electron chi connectivity index (χ1n) is 10.8. The van der Waals surface area contributed by atoms with Crippen molar-refractivity contribution in [3.63, 3.8) is 0 Å². The minimum Gasteiger partial charge on any atom is -0.496 e. The van der Waals surface area contributed by atoms with Gasteiger partial charge in [-0.25, -0.2) is 0 Å². The number of hydroxylamine groups is 4. The fourth-order valence-electron chi connectivity index (χ4n) is 3.70. The number of benzene rings is 3. The topological polar surface area (TPSA) is 102 Å². The minimum atomic E-state index is -0.432. The number of hydrogen-bond acceptors (Lipinski definition) is 7. The Balaban J connectivity index is 0.000000243. The van der Waals surface area contributed by atoms with Gasteiger partial charge in [0, 0.05) is 17.5 Å². The molecule has 4 amide bonds. The smallest absolute Gasteiger partial charge is 0.285 e. The highest BCUT2D eigenvalue weighted by atomic mass is 16.7. The van der Waals surface area contributed by atoms with Crippen LogP contribution in [0.25, 0.3) is 10.8 Å². The predicted molar refractivity (Wildman–Crippen MR) is 125 cm³/mol. The van der Waals surface area contributed by atoms with Crippen molar-refractivity contribution in [3.05, 3.63) is 89.5 Å². The number of hydrogen-bond donors (Lipinski definition) is 0. The van der Waals surface area contributed by atoms with Crippen molar-refractivity contribution in [2.45, 2.75) is 13.5 Å². The van der Waals surface area contributed by atoms with E-state index in [2.05, 4.69) is 0 Å². The average molecular weight is 474 g/mol. The number of carbonyl (C=O) groups excluding carboxylic acids is 4. The molecule has 0 aliphatic carbocycles. The maximum absolute atomic E-state index is 12.4. The number of carbonyl (C=O) groups is 4. The normalized spacial score (nSPS) is 14.5. The second kappa shape index (κ2) is 10.3. The number of methoxy groups -OCH3 is 1. The first-order chi connectivity index (χ1) is 17.0. The summed E-state index contributed by atoms with van der Waals surface area (Å²) in [6.45, 7) is 2.13. The van der Waals surface area contributed by atoms with Crippen LogP contribution < -0.4 is 4.74 Å². The SMILES string of the molecule is CCON1C(=O)C=CC1=O.COc1ccc(CON2C(=O)c3ccccc3C2=O)c2ccccc12. The predicted octanol–water partition coefficient (Wildman–Crippen LogP) is 3.44. The fraction of sp³-hybridized carbons (Fsp3) is 0.154. The summed E-state index contributed by atoms with van der Waals surface area (Å²) < 4.78 is 5.38. The maximum Gasteiger partial charge on any atom is 0.285 e. The molecule has 9 heteroatoms. The van der Waals surface area contributed by atoms with Crippen molar-refractivity contribution in [1.82, 2.24) is 10.1 Å². The Morgan fingerprint density at radius 2 is 1.26 bits per heavy atom. The summed E-state index contributed by atoms with van der Waals surface area (Å²) in [7, 11) is 1.62. The molecule has 35 heavy (non-hydrogen) atoms. The van der Waals surface area contributed by atoms with Gasteiger partial charge in [-0.15, -0.1) is 10.1 Å². The third kappa shape index (κ3) is 4.68. The molecule has 0 saturated carbocycles. The van der Waals surface area contributed by atoms with Gasteiger partial charge in [-0.05, 0) is 36.1 Å². The summed E-state index contributed by atoms with van der Waals surface area (Å²) >= 11 is 0. The van der Waals surface area contributed by atoms with Crippen molar-refractivity contribution in [3.8, 4) is 5.75 Å². The first kappa shape index (κ1) is 23.8. The Kier molecular flexibility index (Phi) is 7.00. The Hall–Kier alpha value is -4.34. The van der Waals surface area contributed by atoms with Gasteiger partial charge in [-0.2, -0.15) is 0 Å². The molecule has 9 nitrogen and oxygen atoms in total. The van der Waals surface area contributed by atoms with Crippen LogP contribution in [0, 0.1) is 0 Å². The Morgan fingerprint density at radius 3 is 1.83 bits per heavy atom. The van der Waals surface area contributed by atoms with E-state index in [1.165, 1.54) is 12.2 Å². The van der Waals surface area contributed by atoms with E-state index in [-0.39, 0.29) is 6.61 Å². The van der Waals surface area contributed by atoms with Crippen molar-refractivity contribution >= 4 is 34.4 Å². The van der Waals surface area contributed by atoms with Crippen molar-refractivity contribution in [1.29, 1.82) is 0 Å². The van der Waals surface area contributed by atoms with Gasteiger partial charge < -0.3 is 4.74 Å². The van der Waals surface area contributed by atoms with Crippen LogP contribution >= 0.6 is 0 Å². The van der Waals surface area contributed by atoms with Crippen LogP contribution in [0.3, 0.4) is 0 Å². The molecule has 2 heterocycles. The lowest BCUT2D eigenvalue weighted by molar-refractivity contribution is -0.184. The monoisotopic (exact) mass is 474 g/mol. The number of fused-ring (bicyclic) bond motifs is 2. The lowest BCUT2D eigenvalue weighted by Gasteiger charge is -2.15. The lowest BCUT2D eigenvalue weighted by Crippen LogP contribution is -2.29. The van der Waals surface area contributed by atoms with E-state index >= 15 is 0 Å². The molecule has 2 aliphatic rings. The van der Waals surface area contributed by atoms with Crippen LogP contribution in [0.5, 0.6) is 5.75 Å². The zero-order chi connectivity index (χ0) is 24.9. The minimum absolute atomic E-state index is 0.107. The fourth-order valence-corrected chi connectivity index (χ4v) is 3.70. The summed E-state index contributed by atoms with van der Waals surface area (Å²) in [5.74, 6) is -0.921. The van der Waals surface area contributed by atoms with Crippen molar-refractivity contribution < 1.29 is 33.6 Å². The Morgan fingerprint density at radius 1 is 0.686 bits per heavy atom. The molecule has 3 aromatic rings. The summed E-state index contributed by atoms with van der Waals surface area (Å²) in [4.78, 5) is 56.3. The third-order valence-corrected chi connectivity index (χ3v) is 5.33. The molecule has 0 N–H and O–H groups in total. The molecule has 0 fully saturated rings. The van der Waals surface area contributed by atoms with Crippen LogP contribution in [0.2, 0.25) is 0 Å². The first-order valence-corrected chi connectivity index (χ1v) is 10.8. The molecular formula is C26H22N2O7. The van der Waals surface area contributed by atoms with Crippen LogP contribution in [0.4, 0.5) is 0 Å². The highest BCUT2D eigenvalue weighted by Crippen LogP contribution is 2.30. The molecule has 3 aromatic carbocycles. The Labute approximate surface area is 201 Å². The van der Waals surface area contributed by atoms with Gasteiger partial charge in [0.1, 0.15) is 12.4 Å². The number of ether oxygens (including phenoxy) is 1.